The molecule has 20 heavy (non-hydrogen) atoms. The average molecular weight is 272 g/mol. The topological polar surface area (TPSA) is 55.1 Å². The van der Waals surface area contributed by atoms with Crippen LogP contribution in [0.4, 0.5) is 0 Å². The minimum absolute atomic E-state index is 0.105. The van der Waals surface area contributed by atoms with Crippen LogP contribution in [0, 0.1) is 6.92 Å². The number of rotatable bonds is 5. The summed E-state index contributed by atoms with van der Waals surface area (Å²) in [7, 11) is 0. The van der Waals surface area contributed by atoms with Crippen LogP contribution in [-0.4, -0.2) is 20.9 Å². The van der Waals surface area contributed by atoms with Gasteiger partial charge in [-0.25, -0.2) is 9.48 Å². The fourth-order valence-corrected chi connectivity index (χ4v) is 2.46. The fraction of sp³-hybridized carbons (Fsp3) is 0.375. The van der Waals surface area contributed by atoms with Gasteiger partial charge in [-0.3, -0.25) is 0 Å². The van der Waals surface area contributed by atoms with E-state index in [4.69, 9.17) is 0 Å². The van der Waals surface area contributed by atoms with Crippen LogP contribution in [0.15, 0.2) is 30.3 Å². The number of carboxylic acid groups (broad SMARTS) is 1. The van der Waals surface area contributed by atoms with Crippen molar-refractivity contribution in [3.8, 4) is 5.69 Å². The predicted molar refractivity (Wildman–Crippen MR) is 78.6 cm³/mol. The highest BCUT2D eigenvalue weighted by Crippen LogP contribution is 2.26. The van der Waals surface area contributed by atoms with Crippen molar-refractivity contribution in [1.82, 2.24) is 9.78 Å². The van der Waals surface area contributed by atoms with Crippen molar-refractivity contribution in [2.75, 3.05) is 0 Å². The van der Waals surface area contributed by atoms with Gasteiger partial charge in [0.1, 0.15) is 0 Å². The molecule has 0 saturated heterocycles. The van der Waals surface area contributed by atoms with Gasteiger partial charge in [-0.15, -0.1) is 0 Å². The minimum Gasteiger partial charge on any atom is -0.476 e. The molecule has 0 bridgehead atoms. The van der Waals surface area contributed by atoms with Gasteiger partial charge in [-0.05, 0) is 43.5 Å². The van der Waals surface area contributed by atoms with E-state index in [1.165, 1.54) is 0 Å². The molecular weight excluding hydrogens is 252 g/mol. The summed E-state index contributed by atoms with van der Waals surface area (Å²) >= 11 is 0. The first-order valence-electron chi connectivity index (χ1n) is 6.97. The Morgan fingerprint density at radius 1 is 1.30 bits per heavy atom. The number of carboxylic acids is 1. The van der Waals surface area contributed by atoms with E-state index in [2.05, 4.69) is 18.9 Å². The zero-order valence-electron chi connectivity index (χ0n) is 12.1. The van der Waals surface area contributed by atoms with Crippen molar-refractivity contribution in [1.29, 1.82) is 0 Å². The molecule has 2 aromatic rings. The van der Waals surface area contributed by atoms with Crippen LogP contribution in [0.3, 0.4) is 0 Å². The molecular formula is C16H20N2O2. The maximum absolute atomic E-state index is 11.2. The smallest absolute Gasteiger partial charge is 0.356 e. The maximum Gasteiger partial charge on any atom is 0.356 e. The van der Waals surface area contributed by atoms with Crippen LogP contribution in [0.5, 0.6) is 0 Å². The van der Waals surface area contributed by atoms with Crippen molar-refractivity contribution in [3.63, 3.8) is 0 Å². The molecule has 0 atom stereocenters. The molecule has 1 heterocycles. The van der Waals surface area contributed by atoms with Crippen LogP contribution in [0.25, 0.3) is 5.69 Å². The number of aromatic nitrogens is 2. The average Bonchev–Trinajstić information content (AvgIpc) is 2.85. The van der Waals surface area contributed by atoms with Crippen LogP contribution in [0.1, 0.15) is 54.4 Å². The van der Waals surface area contributed by atoms with Gasteiger partial charge in [0.05, 0.1) is 5.69 Å². The van der Waals surface area contributed by atoms with Crippen molar-refractivity contribution in [2.45, 2.75) is 39.5 Å². The Bertz CT molecular complexity index is 613. The molecule has 0 aliphatic carbocycles. The Balaban J connectivity index is 2.58. The van der Waals surface area contributed by atoms with E-state index in [0.29, 0.717) is 5.92 Å². The minimum atomic E-state index is -0.983. The van der Waals surface area contributed by atoms with Crippen molar-refractivity contribution >= 4 is 5.97 Å². The molecule has 0 radical (unpaired) electrons. The molecule has 0 unspecified atom stereocenters. The van der Waals surface area contributed by atoms with Gasteiger partial charge in [-0.2, -0.15) is 5.10 Å². The van der Waals surface area contributed by atoms with Crippen LogP contribution in [0.2, 0.25) is 0 Å². The standard InChI is InChI=1S/C16H20N2O2/c1-4-12(5-2)15-10-14(16(19)20)17-18(15)13-8-6-7-11(3)9-13/h6-10,12H,4-5H2,1-3H3,(H,19,20). The van der Waals surface area contributed by atoms with Crippen molar-refractivity contribution in [3.05, 3.63) is 47.3 Å². The first kappa shape index (κ1) is 14.3. The van der Waals surface area contributed by atoms with E-state index in [1.54, 1.807) is 10.7 Å². The summed E-state index contributed by atoms with van der Waals surface area (Å²) in [6, 6.07) is 9.65. The molecule has 0 fully saturated rings. The SMILES string of the molecule is CCC(CC)c1cc(C(=O)O)nn1-c1cccc(C)c1. The van der Waals surface area contributed by atoms with E-state index in [9.17, 15) is 9.90 Å². The summed E-state index contributed by atoms with van der Waals surface area (Å²) in [5.41, 5.74) is 3.12. The van der Waals surface area contributed by atoms with E-state index >= 15 is 0 Å². The zero-order valence-corrected chi connectivity index (χ0v) is 12.1. The molecule has 1 aromatic heterocycles. The highest BCUT2D eigenvalue weighted by atomic mass is 16.4. The largest absolute Gasteiger partial charge is 0.476 e. The van der Waals surface area contributed by atoms with Gasteiger partial charge in [0.15, 0.2) is 5.69 Å². The van der Waals surface area contributed by atoms with Gasteiger partial charge in [0, 0.05) is 11.6 Å². The summed E-state index contributed by atoms with van der Waals surface area (Å²) < 4.78 is 1.77. The van der Waals surface area contributed by atoms with Crippen molar-refractivity contribution < 1.29 is 9.90 Å². The quantitative estimate of drug-likeness (QED) is 0.901. The molecule has 1 N–H and O–H groups in total. The fourth-order valence-electron chi connectivity index (χ4n) is 2.46. The Morgan fingerprint density at radius 3 is 2.55 bits per heavy atom. The Hall–Kier alpha value is -2.10. The summed E-state index contributed by atoms with van der Waals surface area (Å²) in [5, 5.41) is 13.4. The normalized spacial score (nSPS) is 11.0. The van der Waals surface area contributed by atoms with Crippen LogP contribution < -0.4 is 0 Å². The molecule has 0 amide bonds. The second kappa shape index (κ2) is 5.90. The van der Waals surface area contributed by atoms with E-state index in [-0.39, 0.29) is 5.69 Å². The maximum atomic E-state index is 11.2. The molecule has 0 aliphatic rings. The van der Waals surface area contributed by atoms with Gasteiger partial charge in [0.2, 0.25) is 0 Å². The second-order valence-electron chi connectivity index (χ2n) is 5.02. The summed E-state index contributed by atoms with van der Waals surface area (Å²) in [5.74, 6) is -0.667. The molecule has 2 rings (SSSR count). The number of hydrogen-bond donors (Lipinski definition) is 1. The Kier molecular flexibility index (Phi) is 4.23. The highest BCUT2D eigenvalue weighted by molar-refractivity contribution is 5.85. The lowest BCUT2D eigenvalue weighted by Crippen LogP contribution is -2.07. The van der Waals surface area contributed by atoms with Gasteiger partial charge in [0.25, 0.3) is 0 Å². The first-order valence-corrected chi connectivity index (χ1v) is 6.97. The summed E-state index contributed by atoms with van der Waals surface area (Å²) in [6.45, 7) is 6.24. The lowest BCUT2D eigenvalue weighted by atomic mass is 9.99. The molecule has 0 aliphatic heterocycles. The Morgan fingerprint density at radius 2 is 2.00 bits per heavy atom. The van der Waals surface area contributed by atoms with Crippen LogP contribution >= 0.6 is 0 Å². The summed E-state index contributed by atoms with van der Waals surface area (Å²) in [4.78, 5) is 11.2. The highest BCUT2D eigenvalue weighted by Gasteiger charge is 2.19. The lowest BCUT2D eigenvalue weighted by molar-refractivity contribution is 0.0690. The number of aryl methyl sites for hydroxylation is 1. The monoisotopic (exact) mass is 272 g/mol. The molecule has 0 spiro atoms. The van der Waals surface area contributed by atoms with E-state index in [0.717, 1.165) is 29.8 Å². The second-order valence-corrected chi connectivity index (χ2v) is 5.02. The zero-order chi connectivity index (χ0) is 14.7. The van der Waals surface area contributed by atoms with Gasteiger partial charge >= 0.3 is 5.97 Å². The molecule has 0 saturated carbocycles. The molecule has 106 valence electrons. The Labute approximate surface area is 119 Å². The lowest BCUT2D eigenvalue weighted by Gasteiger charge is -2.15. The summed E-state index contributed by atoms with van der Waals surface area (Å²) in [6.07, 6.45) is 1.93. The number of carbonyl (C=O) groups is 1. The van der Waals surface area contributed by atoms with Gasteiger partial charge < -0.3 is 5.11 Å². The molecule has 1 aromatic carbocycles. The van der Waals surface area contributed by atoms with Gasteiger partial charge in [-0.1, -0.05) is 26.0 Å². The third kappa shape index (κ3) is 2.74. The van der Waals surface area contributed by atoms with Crippen molar-refractivity contribution in [2.24, 2.45) is 0 Å². The number of aromatic carboxylic acids is 1. The predicted octanol–water partition coefficient (Wildman–Crippen LogP) is 3.78. The number of nitrogens with zero attached hydrogens (tertiary/aromatic N) is 2. The number of hydrogen-bond acceptors (Lipinski definition) is 2. The third-order valence-corrected chi connectivity index (χ3v) is 3.61. The number of benzene rings is 1. The van der Waals surface area contributed by atoms with E-state index in [1.807, 2.05) is 31.2 Å². The third-order valence-electron chi connectivity index (χ3n) is 3.61. The van der Waals surface area contributed by atoms with E-state index < -0.39 is 5.97 Å². The van der Waals surface area contributed by atoms with Crippen LogP contribution in [-0.2, 0) is 0 Å². The molecule has 4 nitrogen and oxygen atoms in total. The first-order chi connectivity index (χ1) is 9.56. The molecule has 4 heteroatoms.